The summed E-state index contributed by atoms with van der Waals surface area (Å²) >= 11 is 11.8. The first kappa shape index (κ1) is 12.0. The van der Waals surface area contributed by atoms with E-state index in [-0.39, 0.29) is 5.56 Å². The lowest BCUT2D eigenvalue weighted by Crippen LogP contribution is -2.06. The summed E-state index contributed by atoms with van der Waals surface area (Å²) in [6.45, 7) is 0. The molecule has 5 heteroatoms. The van der Waals surface area contributed by atoms with Gasteiger partial charge in [-0.05, 0) is 18.2 Å². The van der Waals surface area contributed by atoms with Gasteiger partial charge in [0.05, 0.1) is 0 Å². The standard InChI is InChI=1S/C12H9Cl2NO2/c13-9-3-1-8(2-4-9)12(14)17-10-5-6-15-11(16)7-10/h1-7,12H,(H,15,16). The average Bonchev–Trinajstić information content (AvgIpc) is 2.29. The summed E-state index contributed by atoms with van der Waals surface area (Å²) in [5.41, 5.74) is -0.118. The quantitative estimate of drug-likeness (QED) is 0.869. The molecule has 2 aromatic rings. The smallest absolute Gasteiger partial charge is 0.251 e. The van der Waals surface area contributed by atoms with Gasteiger partial charge in [-0.1, -0.05) is 35.3 Å². The summed E-state index contributed by atoms with van der Waals surface area (Å²) < 4.78 is 5.42. The van der Waals surface area contributed by atoms with Crippen molar-refractivity contribution in [3.63, 3.8) is 0 Å². The first-order valence-corrected chi connectivity index (χ1v) is 5.71. The number of nitrogens with one attached hydrogen (secondary N) is 1. The van der Waals surface area contributed by atoms with E-state index in [0.717, 1.165) is 5.56 Å². The SMILES string of the molecule is O=c1cc(OC(Cl)c2ccc(Cl)cc2)cc[nH]1. The Hall–Kier alpha value is -1.45. The van der Waals surface area contributed by atoms with Crippen molar-refractivity contribution in [3.8, 4) is 5.75 Å². The molecule has 0 amide bonds. The highest BCUT2D eigenvalue weighted by atomic mass is 35.5. The molecule has 3 nitrogen and oxygen atoms in total. The highest BCUT2D eigenvalue weighted by Crippen LogP contribution is 2.25. The molecule has 0 radical (unpaired) electrons. The minimum atomic E-state index is -0.658. The Bertz CT molecular complexity index is 551. The number of ether oxygens (including phenoxy) is 1. The first-order valence-electron chi connectivity index (χ1n) is 4.90. The van der Waals surface area contributed by atoms with Crippen LogP contribution < -0.4 is 10.3 Å². The molecule has 0 aliphatic rings. The van der Waals surface area contributed by atoms with Crippen molar-refractivity contribution in [3.05, 3.63) is 63.5 Å². The van der Waals surface area contributed by atoms with Crippen LogP contribution in [0.4, 0.5) is 0 Å². The molecule has 0 saturated carbocycles. The number of benzene rings is 1. The van der Waals surface area contributed by atoms with Gasteiger partial charge in [-0.3, -0.25) is 4.79 Å². The number of hydrogen-bond acceptors (Lipinski definition) is 2. The molecule has 1 atom stereocenters. The second kappa shape index (κ2) is 5.25. The van der Waals surface area contributed by atoms with Crippen LogP contribution in [-0.2, 0) is 0 Å². The number of aromatic amines is 1. The van der Waals surface area contributed by atoms with Gasteiger partial charge in [-0.2, -0.15) is 0 Å². The Morgan fingerprint density at radius 3 is 2.53 bits per heavy atom. The summed E-state index contributed by atoms with van der Waals surface area (Å²) in [5, 5.41) is 0.633. The molecular weight excluding hydrogens is 261 g/mol. The molecular formula is C12H9Cl2NO2. The van der Waals surface area contributed by atoms with Crippen LogP contribution in [-0.4, -0.2) is 4.98 Å². The number of aromatic nitrogens is 1. The van der Waals surface area contributed by atoms with Crippen LogP contribution in [0.1, 0.15) is 11.1 Å². The van der Waals surface area contributed by atoms with Gasteiger partial charge in [0, 0.05) is 22.8 Å². The molecule has 2 rings (SSSR count). The van der Waals surface area contributed by atoms with Gasteiger partial charge in [0.2, 0.25) is 0 Å². The van der Waals surface area contributed by atoms with Crippen molar-refractivity contribution in [1.82, 2.24) is 4.98 Å². The second-order valence-corrected chi connectivity index (χ2v) is 4.21. The van der Waals surface area contributed by atoms with E-state index in [1.165, 1.54) is 12.3 Å². The lowest BCUT2D eigenvalue weighted by atomic mass is 10.2. The molecule has 0 aliphatic heterocycles. The number of H-pyrrole nitrogens is 1. The van der Waals surface area contributed by atoms with Crippen LogP contribution in [0, 0.1) is 0 Å². The maximum absolute atomic E-state index is 11.1. The van der Waals surface area contributed by atoms with E-state index in [1.54, 1.807) is 30.3 Å². The van der Waals surface area contributed by atoms with E-state index in [9.17, 15) is 4.79 Å². The van der Waals surface area contributed by atoms with Crippen LogP contribution in [0.15, 0.2) is 47.4 Å². The lowest BCUT2D eigenvalue weighted by Gasteiger charge is -2.12. The summed E-state index contributed by atoms with van der Waals surface area (Å²) in [5.74, 6) is 0.420. The molecule has 0 saturated heterocycles. The van der Waals surface area contributed by atoms with E-state index in [4.69, 9.17) is 27.9 Å². The number of alkyl halides is 1. The summed E-state index contributed by atoms with van der Waals surface area (Å²) in [6.07, 6.45) is 1.50. The Kier molecular flexibility index (Phi) is 3.71. The summed E-state index contributed by atoms with van der Waals surface area (Å²) in [6, 6.07) is 9.97. The first-order chi connectivity index (χ1) is 8.15. The zero-order valence-electron chi connectivity index (χ0n) is 8.69. The molecule has 1 heterocycles. The molecule has 17 heavy (non-hydrogen) atoms. The maximum atomic E-state index is 11.1. The predicted octanol–water partition coefficient (Wildman–Crippen LogP) is 3.34. The van der Waals surface area contributed by atoms with E-state index >= 15 is 0 Å². The van der Waals surface area contributed by atoms with E-state index in [1.807, 2.05) is 0 Å². The molecule has 1 aromatic heterocycles. The topological polar surface area (TPSA) is 42.1 Å². The van der Waals surface area contributed by atoms with Gasteiger partial charge in [0.25, 0.3) is 5.56 Å². The van der Waals surface area contributed by atoms with Crippen LogP contribution in [0.25, 0.3) is 0 Å². The fourth-order valence-corrected chi connectivity index (χ4v) is 1.67. The fourth-order valence-electron chi connectivity index (χ4n) is 1.30. The van der Waals surface area contributed by atoms with Gasteiger partial charge in [0.1, 0.15) is 5.75 Å². The largest absolute Gasteiger partial charge is 0.470 e. The third-order valence-corrected chi connectivity index (χ3v) is 2.71. The number of halogens is 2. The summed E-state index contributed by atoms with van der Waals surface area (Å²) in [7, 11) is 0. The van der Waals surface area contributed by atoms with E-state index in [2.05, 4.69) is 4.98 Å². The van der Waals surface area contributed by atoms with Crippen LogP contribution in [0.5, 0.6) is 5.75 Å². The molecule has 1 aromatic carbocycles. The highest BCUT2D eigenvalue weighted by Gasteiger charge is 2.09. The van der Waals surface area contributed by atoms with E-state index in [0.29, 0.717) is 10.8 Å². The third-order valence-electron chi connectivity index (χ3n) is 2.12. The predicted molar refractivity (Wildman–Crippen MR) is 67.7 cm³/mol. The number of hydrogen-bond donors (Lipinski definition) is 1. The Labute approximate surface area is 108 Å². The minimum Gasteiger partial charge on any atom is -0.470 e. The zero-order chi connectivity index (χ0) is 12.3. The van der Waals surface area contributed by atoms with Crippen molar-refractivity contribution in [1.29, 1.82) is 0 Å². The number of pyridine rings is 1. The van der Waals surface area contributed by atoms with Gasteiger partial charge in [-0.25, -0.2) is 0 Å². The third kappa shape index (κ3) is 3.25. The Balaban J connectivity index is 2.14. The Morgan fingerprint density at radius 2 is 1.88 bits per heavy atom. The van der Waals surface area contributed by atoms with Crippen LogP contribution >= 0.6 is 23.2 Å². The summed E-state index contributed by atoms with van der Waals surface area (Å²) in [4.78, 5) is 13.6. The molecule has 0 fully saturated rings. The van der Waals surface area contributed by atoms with Crippen molar-refractivity contribution in [2.24, 2.45) is 0 Å². The van der Waals surface area contributed by atoms with Crippen molar-refractivity contribution in [2.75, 3.05) is 0 Å². The number of rotatable bonds is 3. The molecule has 88 valence electrons. The van der Waals surface area contributed by atoms with Crippen LogP contribution in [0.3, 0.4) is 0 Å². The highest BCUT2D eigenvalue weighted by molar-refractivity contribution is 6.30. The normalized spacial score (nSPS) is 12.1. The fraction of sp³-hybridized carbons (Fsp3) is 0.0833. The molecule has 0 spiro atoms. The van der Waals surface area contributed by atoms with E-state index < -0.39 is 5.56 Å². The molecule has 1 N–H and O–H groups in total. The molecule has 1 unspecified atom stereocenters. The van der Waals surface area contributed by atoms with Gasteiger partial charge in [-0.15, -0.1) is 0 Å². The minimum absolute atomic E-state index is 0.234. The average molecular weight is 270 g/mol. The zero-order valence-corrected chi connectivity index (χ0v) is 10.2. The van der Waals surface area contributed by atoms with Crippen molar-refractivity contribution in [2.45, 2.75) is 5.56 Å². The molecule has 0 bridgehead atoms. The van der Waals surface area contributed by atoms with Crippen molar-refractivity contribution < 1.29 is 4.74 Å². The van der Waals surface area contributed by atoms with Crippen LogP contribution in [0.2, 0.25) is 5.02 Å². The Morgan fingerprint density at radius 1 is 1.18 bits per heavy atom. The lowest BCUT2D eigenvalue weighted by molar-refractivity contribution is 0.287. The van der Waals surface area contributed by atoms with Crippen molar-refractivity contribution >= 4 is 23.2 Å². The second-order valence-electron chi connectivity index (χ2n) is 3.37. The monoisotopic (exact) mass is 269 g/mol. The molecule has 0 aliphatic carbocycles. The van der Waals surface area contributed by atoms with Gasteiger partial charge < -0.3 is 9.72 Å². The van der Waals surface area contributed by atoms with Gasteiger partial charge >= 0.3 is 0 Å². The maximum Gasteiger partial charge on any atom is 0.251 e. The van der Waals surface area contributed by atoms with Gasteiger partial charge in [0.15, 0.2) is 5.56 Å².